The molecule has 152 valence electrons. The zero-order chi connectivity index (χ0) is 19.9. The van der Waals surface area contributed by atoms with Crippen molar-refractivity contribution in [2.45, 2.75) is 74.5 Å². The lowest BCUT2D eigenvalue weighted by atomic mass is 9.88. The molecule has 4 N–H and O–H groups in total. The molecule has 0 aromatic rings. The van der Waals surface area contributed by atoms with Crippen molar-refractivity contribution in [3.63, 3.8) is 0 Å². The van der Waals surface area contributed by atoms with Crippen LogP contribution in [0.1, 0.15) is 65.2 Å². The third-order valence-electron chi connectivity index (χ3n) is 4.37. The fraction of sp³-hybridized carbons (Fsp3) is 0.941. The van der Waals surface area contributed by atoms with Crippen LogP contribution in [0.3, 0.4) is 0 Å². The Morgan fingerprint density at radius 2 is 1.36 bits per heavy atom. The van der Waals surface area contributed by atoms with E-state index in [-0.39, 0.29) is 25.1 Å². The molecular formula is C17H36O5S3. The van der Waals surface area contributed by atoms with Gasteiger partial charge in [0.25, 0.3) is 0 Å². The van der Waals surface area contributed by atoms with E-state index in [0.29, 0.717) is 6.42 Å². The van der Waals surface area contributed by atoms with Gasteiger partial charge >= 0.3 is 5.97 Å². The van der Waals surface area contributed by atoms with Crippen LogP contribution in [-0.4, -0.2) is 55.5 Å². The molecule has 0 aliphatic heterocycles. The molecule has 1 unspecified atom stereocenters. The largest absolute Gasteiger partial charge is 0.480 e. The Kier molecular flexibility index (Phi) is 17.1. The summed E-state index contributed by atoms with van der Waals surface area (Å²) in [5.41, 5.74) is -0.667. The lowest BCUT2D eigenvalue weighted by Gasteiger charge is -2.24. The third kappa shape index (κ3) is 11.7. The van der Waals surface area contributed by atoms with Gasteiger partial charge in [-0.3, -0.25) is 0 Å². The second-order valence-corrected chi connectivity index (χ2v) is 8.82. The maximum atomic E-state index is 10.8. The van der Waals surface area contributed by atoms with Gasteiger partial charge in [-0.2, -0.15) is 12.6 Å². The smallest absolute Gasteiger partial charge is 0.330 e. The molecule has 0 bridgehead atoms. The lowest BCUT2D eigenvalue weighted by Crippen LogP contribution is -2.36. The number of hydrogen-bond acceptors (Lipinski definition) is 7. The Morgan fingerprint density at radius 1 is 0.920 bits per heavy atom. The van der Waals surface area contributed by atoms with Gasteiger partial charge in [0.05, 0.1) is 19.8 Å². The minimum atomic E-state index is -1.33. The van der Waals surface area contributed by atoms with Gasteiger partial charge in [0.15, 0.2) is 4.08 Å². The number of aliphatic hydroxyl groups excluding tert-OH is 3. The summed E-state index contributed by atoms with van der Waals surface area (Å²) in [4.78, 5) is 10.8. The first kappa shape index (κ1) is 27.6. The predicted molar refractivity (Wildman–Crippen MR) is 113 cm³/mol. The quantitative estimate of drug-likeness (QED) is 0.142. The van der Waals surface area contributed by atoms with Crippen LogP contribution < -0.4 is 0 Å². The molecule has 25 heavy (non-hydrogen) atoms. The minimum absolute atomic E-state index is 0.156. The van der Waals surface area contributed by atoms with Gasteiger partial charge in [-0.15, -0.1) is 25.3 Å². The SMILES string of the molecule is CCC(CO)(CO)CO.CCCCCCCCC(S)C(S)(S)C(=O)O. The predicted octanol–water partition coefficient (Wildman–Crippen LogP) is 3.04. The standard InChI is InChI=1S/C11H22O2S3.C6H14O3/c1-2-3-4-5-6-7-8-9(14)11(15,16)10(12)13;1-2-6(3-7,4-8)5-9/h9,14-16H,2-8H2,1H3,(H,12,13);7-9H,2-5H2,1H3. The van der Waals surface area contributed by atoms with Gasteiger partial charge < -0.3 is 20.4 Å². The number of hydrogen-bond donors (Lipinski definition) is 7. The van der Waals surface area contributed by atoms with E-state index in [1.165, 1.54) is 25.7 Å². The molecule has 0 saturated heterocycles. The van der Waals surface area contributed by atoms with E-state index in [4.69, 9.17) is 20.4 Å². The number of aliphatic carboxylic acids is 1. The molecule has 0 aliphatic rings. The van der Waals surface area contributed by atoms with Crippen molar-refractivity contribution in [2.24, 2.45) is 5.41 Å². The normalized spacial score (nSPS) is 13.1. The van der Waals surface area contributed by atoms with Gasteiger partial charge in [0.1, 0.15) is 0 Å². The molecule has 0 saturated carbocycles. The highest BCUT2D eigenvalue weighted by Crippen LogP contribution is 2.31. The topological polar surface area (TPSA) is 98.0 Å². The Bertz CT molecular complexity index is 319. The van der Waals surface area contributed by atoms with E-state index in [2.05, 4.69) is 44.8 Å². The van der Waals surface area contributed by atoms with Gasteiger partial charge in [-0.1, -0.05) is 52.4 Å². The number of carbonyl (C=O) groups is 1. The fourth-order valence-electron chi connectivity index (χ4n) is 1.95. The fourth-order valence-corrected chi connectivity index (χ4v) is 2.50. The van der Waals surface area contributed by atoms with Crippen molar-refractivity contribution in [3.05, 3.63) is 0 Å². The molecule has 1 atom stereocenters. The van der Waals surface area contributed by atoms with Crippen LogP contribution in [0.25, 0.3) is 0 Å². The van der Waals surface area contributed by atoms with E-state index in [1.54, 1.807) is 0 Å². The first-order chi connectivity index (χ1) is 11.7. The van der Waals surface area contributed by atoms with E-state index >= 15 is 0 Å². The molecule has 0 aromatic carbocycles. The Labute approximate surface area is 168 Å². The Hall–Kier alpha value is 0.400. The summed E-state index contributed by atoms with van der Waals surface area (Å²) >= 11 is 12.3. The van der Waals surface area contributed by atoms with Crippen molar-refractivity contribution in [1.29, 1.82) is 0 Å². The number of aliphatic hydroxyl groups is 3. The molecule has 0 spiro atoms. The summed E-state index contributed by atoms with van der Waals surface area (Å²) in [7, 11) is 0. The summed E-state index contributed by atoms with van der Waals surface area (Å²) in [6.07, 6.45) is 8.47. The molecule has 0 fully saturated rings. The molecule has 0 aromatic heterocycles. The highest BCUT2D eigenvalue weighted by Gasteiger charge is 2.36. The molecular weight excluding hydrogens is 380 g/mol. The summed E-state index contributed by atoms with van der Waals surface area (Å²) in [5.74, 6) is -1.02. The van der Waals surface area contributed by atoms with E-state index in [0.717, 1.165) is 19.3 Å². The van der Waals surface area contributed by atoms with Crippen molar-refractivity contribution in [2.75, 3.05) is 19.8 Å². The summed E-state index contributed by atoms with van der Waals surface area (Å²) in [5, 5.41) is 34.5. The van der Waals surface area contributed by atoms with Crippen LogP contribution in [0.2, 0.25) is 0 Å². The highest BCUT2D eigenvalue weighted by molar-refractivity contribution is 8.03. The zero-order valence-electron chi connectivity index (χ0n) is 15.4. The van der Waals surface area contributed by atoms with Crippen molar-refractivity contribution in [3.8, 4) is 0 Å². The van der Waals surface area contributed by atoms with Gasteiger partial charge in [-0.25, -0.2) is 4.79 Å². The van der Waals surface area contributed by atoms with Crippen LogP contribution in [0.4, 0.5) is 0 Å². The molecule has 0 radical (unpaired) electrons. The Morgan fingerprint density at radius 3 is 1.68 bits per heavy atom. The lowest BCUT2D eigenvalue weighted by molar-refractivity contribution is -0.137. The minimum Gasteiger partial charge on any atom is -0.480 e. The summed E-state index contributed by atoms with van der Waals surface area (Å²) in [6.45, 7) is 3.54. The second kappa shape index (κ2) is 15.5. The van der Waals surface area contributed by atoms with Crippen LogP contribution in [0, 0.1) is 5.41 Å². The maximum absolute atomic E-state index is 10.8. The van der Waals surface area contributed by atoms with Crippen molar-refractivity contribution >= 4 is 43.9 Å². The first-order valence-corrected chi connectivity index (χ1v) is 10.3. The molecule has 8 heteroatoms. The molecule has 0 rings (SSSR count). The monoisotopic (exact) mass is 416 g/mol. The highest BCUT2D eigenvalue weighted by atomic mass is 32.2. The van der Waals surface area contributed by atoms with Gasteiger partial charge in [-0.05, 0) is 12.8 Å². The van der Waals surface area contributed by atoms with Crippen LogP contribution in [0.15, 0.2) is 0 Å². The number of unbranched alkanes of at least 4 members (excludes halogenated alkanes) is 5. The second-order valence-electron chi connectivity index (χ2n) is 6.43. The molecule has 5 nitrogen and oxygen atoms in total. The van der Waals surface area contributed by atoms with Crippen LogP contribution in [0.5, 0.6) is 0 Å². The molecule has 0 heterocycles. The number of rotatable bonds is 13. The van der Waals surface area contributed by atoms with E-state index in [9.17, 15) is 4.79 Å². The summed E-state index contributed by atoms with van der Waals surface area (Å²) in [6, 6.07) is 0. The van der Waals surface area contributed by atoms with E-state index in [1.807, 2.05) is 6.92 Å². The molecule has 0 amide bonds. The molecule has 0 aliphatic carbocycles. The number of carboxylic acid groups (broad SMARTS) is 1. The van der Waals surface area contributed by atoms with E-state index < -0.39 is 15.5 Å². The maximum Gasteiger partial charge on any atom is 0.330 e. The average molecular weight is 417 g/mol. The summed E-state index contributed by atoms with van der Waals surface area (Å²) < 4.78 is -1.33. The Balaban J connectivity index is 0. The third-order valence-corrected chi connectivity index (χ3v) is 6.43. The van der Waals surface area contributed by atoms with Gasteiger partial charge in [0.2, 0.25) is 0 Å². The number of thiol groups is 3. The zero-order valence-corrected chi connectivity index (χ0v) is 18.1. The van der Waals surface area contributed by atoms with Crippen molar-refractivity contribution in [1.82, 2.24) is 0 Å². The number of carboxylic acids is 1. The average Bonchev–Trinajstić information content (AvgIpc) is 2.60. The van der Waals surface area contributed by atoms with Gasteiger partial charge in [0, 0.05) is 10.7 Å². The van der Waals surface area contributed by atoms with Crippen LogP contribution in [-0.2, 0) is 4.79 Å². The van der Waals surface area contributed by atoms with Crippen LogP contribution >= 0.6 is 37.9 Å². The first-order valence-electron chi connectivity index (χ1n) is 8.86. The van der Waals surface area contributed by atoms with Crippen molar-refractivity contribution < 1.29 is 25.2 Å².